The van der Waals surface area contributed by atoms with Gasteiger partial charge in [0.25, 0.3) is 0 Å². The summed E-state index contributed by atoms with van der Waals surface area (Å²) in [5.74, 6) is -0.122. The molecule has 2 rings (SSSR count). The van der Waals surface area contributed by atoms with Gasteiger partial charge >= 0.3 is 6.18 Å². The molecule has 0 radical (unpaired) electrons. The number of hydrogen-bond donors (Lipinski definition) is 1. The first-order valence-corrected chi connectivity index (χ1v) is 7.00. The first-order chi connectivity index (χ1) is 9.61. The van der Waals surface area contributed by atoms with Gasteiger partial charge in [-0.25, -0.2) is 9.97 Å². The van der Waals surface area contributed by atoms with Crippen molar-refractivity contribution in [2.45, 2.75) is 33.4 Å². The monoisotopic (exact) mass is 302 g/mol. The van der Waals surface area contributed by atoms with Gasteiger partial charge in [-0.2, -0.15) is 13.2 Å². The second-order valence-electron chi connectivity index (χ2n) is 6.48. The molecule has 1 aliphatic rings. The minimum absolute atomic E-state index is 0.139. The number of alkyl halides is 3. The Balaban J connectivity index is 2.28. The zero-order valence-corrected chi connectivity index (χ0v) is 12.8. The Bertz CT molecular complexity index is 508. The molecule has 1 atom stereocenters. The van der Waals surface area contributed by atoms with Crippen molar-refractivity contribution in [3.8, 4) is 0 Å². The van der Waals surface area contributed by atoms with Crippen LogP contribution in [0.3, 0.4) is 0 Å². The van der Waals surface area contributed by atoms with Crippen LogP contribution in [0.5, 0.6) is 0 Å². The number of aromatic nitrogens is 2. The molecule has 118 valence electrons. The van der Waals surface area contributed by atoms with Crippen LogP contribution >= 0.6 is 0 Å². The zero-order valence-electron chi connectivity index (χ0n) is 12.8. The molecular weight excluding hydrogens is 281 g/mol. The molecule has 0 aromatic carbocycles. The largest absolute Gasteiger partial charge is 0.451 e. The minimum atomic E-state index is -4.54. The predicted molar refractivity (Wildman–Crippen MR) is 76.4 cm³/mol. The zero-order chi connectivity index (χ0) is 15.8. The van der Waals surface area contributed by atoms with Crippen molar-refractivity contribution < 1.29 is 13.2 Å². The minimum Gasteiger partial charge on any atom is -0.373 e. The molecule has 1 unspecified atom stereocenters. The summed E-state index contributed by atoms with van der Waals surface area (Å²) in [4.78, 5) is 9.10. The van der Waals surface area contributed by atoms with E-state index in [-0.39, 0.29) is 11.2 Å². The van der Waals surface area contributed by atoms with Crippen LogP contribution in [-0.2, 0) is 6.18 Å². The molecule has 0 spiro atoms. The average Bonchev–Trinajstić information content (AvgIpc) is 2.86. The highest BCUT2D eigenvalue weighted by Crippen LogP contribution is 2.36. The van der Waals surface area contributed by atoms with E-state index in [4.69, 9.17) is 0 Å². The number of halogens is 3. The van der Waals surface area contributed by atoms with Crippen molar-refractivity contribution >= 4 is 11.6 Å². The molecule has 1 N–H and O–H groups in total. The van der Waals surface area contributed by atoms with E-state index in [0.717, 1.165) is 19.5 Å². The van der Waals surface area contributed by atoms with Crippen LogP contribution in [-0.4, -0.2) is 30.1 Å². The SMILES string of the molecule is CNc1cc(N2CCC(C(C)(C)C)C2)nc(C(F)(F)F)n1. The molecular formula is C14H21F3N4. The van der Waals surface area contributed by atoms with Crippen molar-refractivity contribution in [2.24, 2.45) is 11.3 Å². The Kier molecular flexibility index (Phi) is 4.04. The molecule has 4 nitrogen and oxygen atoms in total. The van der Waals surface area contributed by atoms with Crippen LogP contribution in [0.4, 0.5) is 24.8 Å². The van der Waals surface area contributed by atoms with Crippen molar-refractivity contribution in [1.82, 2.24) is 9.97 Å². The number of nitrogens with zero attached hydrogens (tertiary/aromatic N) is 3. The molecule has 1 aliphatic heterocycles. The lowest BCUT2D eigenvalue weighted by atomic mass is 9.80. The highest BCUT2D eigenvalue weighted by atomic mass is 19.4. The lowest BCUT2D eigenvalue weighted by Crippen LogP contribution is -2.27. The van der Waals surface area contributed by atoms with Gasteiger partial charge in [0.15, 0.2) is 0 Å². The van der Waals surface area contributed by atoms with Crippen molar-refractivity contribution in [3.63, 3.8) is 0 Å². The van der Waals surface area contributed by atoms with E-state index < -0.39 is 12.0 Å². The third-order valence-corrected chi connectivity index (χ3v) is 3.96. The second kappa shape index (κ2) is 5.35. The van der Waals surface area contributed by atoms with Gasteiger partial charge in [0.2, 0.25) is 5.82 Å². The summed E-state index contributed by atoms with van der Waals surface area (Å²) in [7, 11) is 1.55. The highest BCUT2D eigenvalue weighted by molar-refractivity contribution is 5.50. The highest BCUT2D eigenvalue weighted by Gasteiger charge is 2.37. The third kappa shape index (κ3) is 3.57. The van der Waals surface area contributed by atoms with Crippen LogP contribution in [0.2, 0.25) is 0 Å². The van der Waals surface area contributed by atoms with E-state index in [9.17, 15) is 13.2 Å². The van der Waals surface area contributed by atoms with Gasteiger partial charge in [0.1, 0.15) is 11.6 Å². The van der Waals surface area contributed by atoms with E-state index in [1.54, 1.807) is 13.1 Å². The molecule has 0 aliphatic carbocycles. The molecule has 0 saturated carbocycles. The fourth-order valence-corrected chi connectivity index (χ4v) is 2.53. The van der Waals surface area contributed by atoms with Gasteiger partial charge in [-0.3, -0.25) is 0 Å². The van der Waals surface area contributed by atoms with Crippen LogP contribution in [0.25, 0.3) is 0 Å². The maximum absolute atomic E-state index is 12.9. The molecule has 2 heterocycles. The molecule has 1 aromatic rings. The Morgan fingerprint density at radius 2 is 1.90 bits per heavy atom. The molecule has 21 heavy (non-hydrogen) atoms. The van der Waals surface area contributed by atoms with Crippen LogP contribution in [0.15, 0.2) is 6.07 Å². The smallest absolute Gasteiger partial charge is 0.373 e. The van der Waals surface area contributed by atoms with Gasteiger partial charge in [0.05, 0.1) is 0 Å². The molecule has 0 bridgehead atoms. The summed E-state index contributed by atoms with van der Waals surface area (Å²) < 4.78 is 38.6. The van der Waals surface area contributed by atoms with E-state index in [2.05, 4.69) is 36.1 Å². The predicted octanol–water partition coefficient (Wildman–Crippen LogP) is 3.41. The van der Waals surface area contributed by atoms with Crippen molar-refractivity contribution in [2.75, 3.05) is 30.4 Å². The van der Waals surface area contributed by atoms with E-state index >= 15 is 0 Å². The van der Waals surface area contributed by atoms with E-state index in [0.29, 0.717) is 11.7 Å². The van der Waals surface area contributed by atoms with Gasteiger partial charge in [-0.15, -0.1) is 0 Å². The number of anilines is 2. The van der Waals surface area contributed by atoms with E-state index in [1.807, 2.05) is 4.90 Å². The summed E-state index contributed by atoms with van der Waals surface area (Å²) in [6.07, 6.45) is -3.57. The van der Waals surface area contributed by atoms with E-state index in [1.165, 1.54) is 0 Å². The summed E-state index contributed by atoms with van der Waals surface area (Å²) in [6.45, 7) is 7.91. The Morgan fingerprint density at radius 3 is 2.38 bits per heavy atom. The maximum Gasteiger partial charge on any atom is 0.451 e. The van der Waals surface area contributed by atoms with Gasteiger partial charge in [-0.05, 0) is 17.8 Å². The normalized spacial score (nSPS) is 20.0. The summed E-state index contributed by atoms with van der Waals surface area (Å²) in [6, 6.07) is 1.57. The van der Waals surface area contributed by atoms with Crippen molar-refractivity contribution in [3.05, 3.63) is 11.9 Å². The van der Waals surface area contributed by atoms with Gasteiger partial charge in [-0.1, -0.05) is 20.8 Å². The summed E-state index contributed by atoms with van der Waals surface area (Å²) in [5, 5.41) is 2.67. The first kappa shape index (κ1) is 15.9. The molecule has 1 aromatic heterocycles. The van der Waals surface area contributed by atoms with Gasteiger partial charge < -0.3 is 10.2 Å². The fourth-order valence-electron chi connectivity index (χ4n) is 2.53. The van der Waals surface area contributed by atoms with Crippen LogP contribution < -0.4 is 10.2 Å². The number of nitrogens with one attached hydrogen (secondary N) is 1. The Hall–Kier alpha value is -1.53. The number of hydrogen-bond acceptors (Lipinski definition) is 4. The Labute approximate surface area is 122 Å². The fraction of sp³-hybridized carbons (Fsp3) is 0.714. The standard InChI is InChI=1S/C14H21F3N4/c1-13(2,3)9-5-6-21(8-9)11-7-10(18-4)19-12(20-11)14(15,16)17/h7,9H,5-6,8H2,1-4H3,(H,18,19,20). The van der Waals surface area contributed by atoms with Crippen LogP contribution in [0.1, 0.15) is 33.0 Å². The van der Waals surface area contributed by atoms with Crippen molar-refractivity contribution in [1.29, 1.82) is 0 Å². The Morgan fingerprint density at radius 1 is 1.24 bits per heavy atom. The lowest BCUT2D eigenvalue weighted by Gasteiger charge is -2.27. The molecule has 1 fully saturated rings. The quantitative estimate of drug-likeness (QED) is 0.909. The topological polar surface area (TPSA) is 41.0 Å². The number of rotatable bonds is 2. The van der Waals surface area contributed by atoms with Crippen LogP contribution in [0, 0.1) is 11.3 Å². The molecule has 7 heteroatoms. The first-order valence-electron chi connectivity index (χ1n) is 7.00. The van der Waals surface area contributed by atoms with Gasteiger partial charge in [0, 0.05) is 26.2 Å². The summed E-state index contributed by atoms with van der Waals surface area (Å²) in [5.41, 5.74) is 0.139. The molecule has 1 saturated heterocycles. The second-order valence-corrected chi connectivity index (χ2v) is 6.48. The average molecular weight is 302 g/mol. The summed E-state index contributed by atoms with van der Waals surface area (Å²) >= 11 is 0. The molecule has 0 amide bonds. The third-order valence-electron chi connectivity index (χ3n) is 3.96. The lowest BCUT2D eigenvalue weighted by molar-refractivity contribution is -0.144. The maximum atomic E-state index is 12.9.